The van der Waals surface area contributed by atoms with Gasteiger partial charge in [0.1, 0.15) is 6.10 Å². The van der Waals surface area contributed by atoms with Gasteiger partial charge in [-0.25, -0.2) is 0 Å². The first-order valence-electron chi connectivity index (χ1n) is 26.0. The molecule has 0 spiro atoms. The lowest BCUT2D eigenvalue weighted by Crippen LogP contribution is -2.46. The number of carbonyl (C=O) groups is 2. The third-order valence-electron chi connectivity index (χ3n) is 11.3. The summed E-state index contributed by atoms with van der Waals surface area (Å²) in [6, 6.07) is -0.747. The van der Waals surface area contributed by atoms with Gasteiger partial charge in [-0.3, -0.25) is 9.59 Å². The van der Waals surface area contributed by atoms with E-state index in [1.807, 2.05) is 54.7 Å². The van der Waals surface area contributed by atoms with Crippen LogP contribution in [-0.4, -0.2) is 46.9 Å². The zero-order valence-corrected chi connectivity index (χ0v) is 40.9. The largest absolute Gasteiger partial charge is 0.461 e. The molecule has 3 atom stereocenters. The summed E-state index contributed by atoms with van der Waals surface area (Å²) in [5, 5.41) is 23.7. The summed E-state index contributed by atoms with van der Waals surface area (Å²) in [4.78, 5) is 26.1. The molecule has 360 valence electrons. The average Bonchev–Trinajstić information content (AvgIpc) is 3.28. The maximum Gasteiger partial charge on any atom is 0.306 e. The van der Waals surface area contributed by atoms with Gasteiger partial charge in [0.05, 0.1) is 25.2 Å². The molecule has 6 nitrogen and oxygen atoms in total. The molecule has 0 radical (unpaired) electrons. The van der Waals surface area contributed by atoms with Gasteiger partial charge in [0, 0.05) is 12.8 Å². The second kappa shape index (κ2) is 49.8. The summed E-state index contributed by atoms with van der Waals surface area (Å²) >= 11 is 0. The molecule has 0 aliphatic carbocycles. The number of ether oxygens (including phenoxy) is 1. The highest BCUT2D eigenvalue weighted by molar-refractivity contribution is 5.77. The van der Waals surface area contributed by atoms with Crippen molar-refractivity contribution in [2.45, 2.75) is 244 Å². The van der Waals surface area contributed by atoms with Crippen LogP contribution < -0.4 is 5.32 Å². The number of carbonyl (C=O) groups excluding carboxylic acids is 2. The van der Waals surface area contributed by atoms with Gasteiger partial charge in [-0.1, -0.05) is 253 Å². The van der Waals surface area contributed by atoms with Crippen LogP contribution in [0, 0.1) is 0 Å². The maximum absolute atomic E-state index is 13.2. The first-order chi connectivity index (χ1) is 31.0. The molecule has 0 aromatic carbocycles. The van der Waals surface area contributed by atoms with Crippen LogP contribution in [0.25, 0.3) is 0 Å². The summed E-state index contributed by atoms with van der Waals surface area (Å²) in [5.74, 6) is -0.628. The molecule has 1 amide bonds. The van der Waals surface area contributed by atoms with E-state index in [-0.39, 0.29) is 24.9 Å². The van der Waals surface area contributed by atoms with Crippen LogP contribution in [0.4, 0.5) is 0 Å². The number of nitrogens with one attached hydrogen (secondary N) is 1. The topological polar surface area (TPSA) is 95.9 Å². The van der Waals surface area contributed by atoms with E-state index in [4.69, 9.17) is 4.74 Å². The zero-order chi connectivity index (χ0) is 45.9. The number of allylic oxidation sites excluding steroid dienone is 15. The molecule has 0 saturated heterocycles. The fourth-order valence-electron chi connectivity index (χ4n) is 7.41. The van der Waals surface area contributed by atoms with E-state index in [1.54, 1.807) is 0 Å². The quantitative estimate of drug-likeness (QED) is 0.0245. The monoisotopic (exact) mass is 876 g/mol. The summed E-state index contributed by atoms with van der Waals surface area (Å²) in [7, 11) is 0. The van der Waals surface area contributed by atoms with Crippen LogP contribution in [0.5, 0.6) is 0 Å². The van der Waals surface area contributed by atoms with E-state index >= 15 is 0 Å². The van der Waals surface area contributed by atoms with Crippen molar-refractivity contribution in [3.8, 4) is 0 Å². The van der Waals surface area contributed by atoms with Crippen LogP contribution in [0.3, 0.4) is 0 Å². The van der Waals surface area contributed by atoms with Gasteiger partial charge in [-0.2, -0.15) is 0 Å². The van der Waals surface area contributed by atoms with Crippen molar-refractivity contribution in [3.05, 3.63) is 97.2 Å². The molecule has 0 heterocycles. The van der Waals surface area contributed by atoms with Crippen molar-refractivity contribution < 1.29 is 24.5 Å². The van der Waals surface area contributed by atoms with Gasteiger partial charge in [0.15, 0.2) is 0 Å². The highest BCUT2D eigenvalue weighted by Crippen LogP contribution is 2.16. The Balaban J connectivity index is 4.61. The fourth-order valence-corrected chi connectivity index (χ4v) is 7.41. The maximum atomic E-state index is 13.2. The zero-order valence-electron chi connectivity index (χ0n) is 40.9. The number of rotatable bonds is 45. The lowest BCUT2D eigenvalue weighted by atomic mass is 10.0. The van der Waals surface area contributed by atoms with Gasteiger partial charge >= 0.3 is 5.97 Å². The molecule has 0 rings (SSSR count). The van der Waals surface area contributed by atoms with Gasteiger partial charge in [0.2, 0.25) is 5.91 Å². The number of aliphatic hydroxyl groups is 2. The van der Waals surface area contributed by atoms with E-state index in [0.29, 0.717) is 19.3 Å². The lowest BCUT2D eigenvalue weighted by Gasteiger charge is -2.24. The number of esters is 1. The van der Waals surface area contributed by atoms with Crippen LogP contribution in [0.2, 0.25) is 0 Å². The van der Waals surface area contributed by atoms with Crippen molar-refractivity contribution in [2.24, 2.45) is 0 Å². The first kappa shape index (κ1) is 59.8. The summed E-state index contributed by atoms with van der Waals surface area (Å²) < 4.78 is 5.83. The molecule has 63 heavy (non-hydrogen) atoms. The van der Waals surface area contributed by atoms with Crippen molar-refractivity contribution in [1.29, 1.82) is 0 Å². The van der Waals surface area contributed by atoms with Crippen molar-refractivity contribution in [3.63, 3.8) is 0 Å². The molecule has 3 N–H and O–H groups in total. The van der Waals surface area contributed by atoms with Crippen LogP contribution >= 0.6 is 0 Å². The number of hydrogen-bond donors (Lipinski definition) is 3. The van der Waals surface area contributed by atoms with E-state index in [0.717, 1.165) is 77.0 Å². The summed E-state index contributed by atoms with van der Waals surface area (Å²) in [6.07, 6.45) is 66.4. The van der Waals surface area contributed by atoms with Crippen LogP contribution in [-0.2, 0) is 14.3 Å². The Hall–Kier alpha value is -3.22. The highest BCUT2D eigenvalue weighted by Gasteiger charge is 2.23. The fraction of sp³-hybridized carbons (Fsp3) is 0.684. The predicted octanol–water partition coefficient (Wildman–Crippen LogP) is 15.7. The number of aliphatic hydroxyl groups excluding tert-OH is 2. The van der Waals surface area contributed by atoms with Crippen molar-refractivity contribution >= 4 is 11.9 Å². The normalized spacial score (nSPS) is 14.0. The third kappa shape index (κ3) is 45.2. The standard InChI is InChI=1S/C57H97NO5/c1-4-7-10-13-16-19-22-24-26-28-29-31-34-37-40-43-46-49-55(60)54(52-59)58-56(61)51-53(48-45-42-39-36-33-21-18-15-12-9-6-3)63-57(62)50-47-44-41-38-35-32-30-27-25-23-20-17-14-11-8-5-2/h8-9,11-12,15,17-18,20-21,25,27,33,36,39,42,45,53-55,59-60H,4-7,10,13-14,16,19,22-24,26,28-32,34-35,37-38,40-41,43-44,46-52H2,1-3H3,(H,58,61)/b11-8+,12-9+,18-15+,20-17+,27-25+,33-21-,39-36-,45-42+. The molecular weight excluding hydrogens is 779 g/mol. The smallest absolute Gasteiger partial charge is 0.306 e. The molecule has 0 saturated carbocycles. The van der Waals surface area contributed by atoms with E-state index in [9.17, 15) is 19.8 Å². The second-order valence-electron chi connectivity index (χ2n) is 17.3. The van der Waals surface area contributed by atoms with Gasteiger partial charge in [0.25, 0.3) is 0 Å². The van der Waals surface area contributed by atoms with E-state index < -0.39 is 18.2 Å². The molecule has 6 heteroatoms. The first-order valence-corrected chi connectivity index (χ1v) is 26.0. The summed E-state index contributed by atoms with van der Waals surface area (Å²) in [6.45, 7) is 6.19. The molecule has 0 bridgehead atoms. The van der Waals surface area contributed by atoms with Gasteiger partial charge in [-0.15, -0.1) is 0 Å². The Labute approximate surface area is 388 Å². The Morgan fingerprint density at radius 1 is 0.508 bits per heavy atom. The van der Waals surface area contributed by atoms with Crippen molar-refractivity contribution in [2.75, 3.05) is 6.61 Å². The molecule has 0 aliphatic heterocycles. The molecule has 0 aromatic heterocycles. The molecular formula is C57H97NO5. The Kier molecular flexibility index (Phi) is 47.2. The van der Waals surface area contributed by atoms with Gasteiger partial charge < -0.3 is 20.3 Å². The number of hydrogen-bond acceptors (Lipinski definition) is 5. The number of amides is 1. The van der Waals surface area contributed by atoms with Crippen LogP contribution in [0.1, 0.15) is 226 Å². The minimum atomic E-state index is -0.825. The number of unbranched alkanes of at least 4 members (excludes halogenated alkanes) is 22. The Morgan fingerprint density at radius 2 is 0.952 bits per heavy atom. The molecule has 0 fully saturated rings. The Bertz CT molecular complexity index is 1260. The highest BCUT2D eigenvalue weighted by atomic mass is 16.5. The second-order valence-corrected chi connectivity index (χ2v) is 17.3. The minimum absolute atomic E-state index is 0.0286. The van der Waals surface area contributed by atoms with E-state index in [2.05, 4.69) is 68.6 Å². The lowest BCUT2D eigenvalue weighted by molar-refractivity contribution is -0.150. The van der Waals surface area contributed by atoms with E-state index in [1.165, 1.54) is 103 Å². The SMILES string of the molecule is CC/C=C/C=C/C=C\C=C/C=C/CC(CC(=O)NC(CO)C(O)CCCCCCCCCCCCCCCCCCC)OC(=O)CCCCCCCC/C=C/C/C=C/C/C=C/CC. The molecule has 3 unspecified atom stereocenters. The third-order valence-corrected chi connectivity index (χ3v) is 11.3. The molecule has 0 aromatic rings. The predicted molar refractivity (Wildman–Crippen MR) is 273 cm³/mol. The Morgan fingerprint density at radius 3 is 1.48 bits per heavy atom. The average molecular weight is 876 g/mol. The van der Waals surface area contributed by atoms with Crippen LogP contribution in [0.15, 0.2) is 97.2 Å². The molecule has 0 aliphatic rings. The van der Waals surface area contributed by atoms with Gasteiger partial charge in [-0.05, 0) is 51.4 Å². The van der Waals surface area contributed by atoms with Crippen molar-refractivity contribution in [1.82, 2.24) is 5.32 Å². The minimum Gasteiger partial charge on any atom is -0.461 e. The summed E-state index contributed by atoms with van der Waals surface area (Å²) in [5.41, 5.74) is 0.